The fraction of sp³-hybridized carbons (Fsp3) is 0.133. The topological polar surface area (TPSA) is 80.3 Å². The minimum atomic E-state index is 0.486. The van der Waals surface area contributed by atoms with Gasteiger partial charge in [0.2, 0.25) is 0 Å². The van der Waals surface area contributed by atoms with E-state index in [1.54, 1.807) is 29.2 Å². The maximum atomic E-state index is 8.98. The molecule has 0 atom stereocenters. The fourth-order valence-electron chi connectivity index (χ4n) is 1.99. The average molecular weight is 276 g/mol. The second kappa shape index (κ2) is 5.51. The van der Waals surface area contributed by atoms with Gasteiger partial charge in [0.1, 0.15) is 6.33 Å². The molecule has 0 spiro atoms. The lowest BCUT2D eigenvalue weighted by Crippen LogP contribution is -2.06. The molecule has 0 amide bonds. The highest BCUT2D eigenvalue weighted by Gasteiger charge is 2.09. The van der Waals surface area contributed by atoms with E-state index in [9.17, 15) is 0 Å². The van der Waals surface area contributed by atoms with Gasteiger partial charge in [-0.1, -0.05) is 12.1 Å². The lowest BCUT2D eigenvalue weighted by Gasteiger charge is -2.06. The molecule has 0 N–H and O–H groups in total. The number of aromatic nitrogens is 5. The smallest absolute Gasteiger partial charge is 0.158 e. The Morgan fingerprint density at radius 2 is 2.10 bits per heavy atom. The molecule has 1 aromatic carbocycles. The number of hydrogen-bond acceptors (Lipinski definition) is 5. The van der Waals surface area contributed by atoms with Crippen LogP contribution in [0.25, 0.3) is 11.4 Å². The summed E-state index contributed by atoms with van der Waals surface area (Å²) >= 11 is 0. The summed E-state index contributed by atoms with van der Waals surface area (Å²) in [7, 11) is 0. The monoisotopic (exact) mass is 276 g/mol. The molecular formula is C15H12N6. The van der Waals surface area contributed by atoms with Gasteiger partial charge in [-0.3, -0.25) is 9.97 Å². The average Bonchev–Trinajstić information content (AvgIpc) is 2.98. The Hall–Kier alpha value is -3.07. The van der Waals surface area contributed by atoms with Gasteiger partial charge in [-0.15, -0.1) is 0 Å². The Labute approximate surface area is 121 Å². The van der Waals surface area contributed by atoms with Crippen LogP contribution in [0.15, 0.2) is 43.0 Å². The largest absolute Gasteiger partial charge is 0.258 e. The molecule has 0 saturated heterocycles. The van der Waals surface area contributed by atoms with Crippen molar-refractivity contribution < 1.29 is 0 Å². The van der Waals surface area contributed by atoms with Crippen molar-refractivity contribution in [3.8, 4) is 17.5 Å². The van der Waals surface area contributed by atoms with Gasteiger partial charge in [0.25, 0.3) is 0 Å². The molecule has 3 aromatic rings. The molecule has 0 aliphatic carbocycles. The standard InChI is InChI=1S/C15H12N6/c1-11-7-18-14(8-17-11)9-21-15(19-10-20-21)13-4-2-3-12(5-13)6-16/h2-5,7-8,10H,9H2,1H3. The van der Waals surface area contributed by atoms with Gasteiger partial charge in [-0.25, -0.2) is 9.67 Å². The Morgan fingerprint density at radius 3 is 2.86 bits per heavy atom. The number of benzene rings is 1. The fourth-order valence-corrected chi connectivity index (χ4v) is 1.99. The summed E-state index contributed by atoms with van der Waals surface area (Å²) in [4.78, 5) is 12.8. The summed E-state index contributed by atoms with van der Waals surface area (Å²) in [6, 6.07) is 9.41. The predicted molar refractivity (Wildman–Crippen MR) is 76.0 cm³/mol. The van der Waals surface area contributed by atoms with Gasteiger partial charge in [-0.2, -0.15) is 10.4 Å². The maximum Gasteiger partial charge on any atom is 0.158 e. The van der Waals surface area contributed by atoms with Crippen molar-refractivity contribution in [3.05, 3.63) is 59.9 Å². The van der Waals surface area contributed by atoms with Crippen LogP contribution in [0.4, 0.5) is 0 Å². The van der Waals surface area contributed by atoms with Gasteiger partial charge >= 0.3 is 0 Å². The number of aryl methyl sites for hydroxylation is 1. The highest BCUT2D eigenvalue weighted by Crippen LogP contribution is 2.18. The van der Waals surface area contributed by atoms with Gasteiger partial charge in [0.15, 0.2) is 5.82 Å². The molecule has 0 fully saturated rings. The molecule has 2 aromatic heterocycles. The summed E-state index contributed by atoms with van der Waals surface area (Å²) < 4.78 is 1.75. The SMILES string of the molecule is Cc1cnc(Cn2ncnc2-c2cccc(C#N)c2)cn1. The molecular weight excluding hydrogens is 264 g/mol. The highest BCUT2D eigenvalue weighted by atomic mass is 15.3. The van der Waals surface area contributed by atoms with E-state index >= 15 is 0 Å². The Kier molecular flexibility index (Phi) is 3.39. The van der Waals surface area contributed by atoms with E-state index in [0.29, 0.717) is 17.9 Å². The lowest BCUT2D eigenvalue weighted by atomic mass is 10.1. The van der Waals surface area contributed by atoms with E-state index in [2.05, 4.69) is 26.1 Å². The first-order valence-corrected chi connectivity index (χ1v) is 6.42. The van der Waals surface area contributed by atoms with Crippen LogP contribution < -0.4 is 0 Å². The number of nitrogens with zero attached hydrogens (tertiary/aromatic N) is 6. The summed E-state index contributed by atoms with van der Waals surface area (Å²) in [6.07, 6.45) is 4.95. The van der Waals surface area contributed by atoms with Crippen molar-refractivity contribution in [3.63, 3.8) is 0 Å². The Morgan fingerprint density at radius 1 is 1.19 bits per heavy atom. The van der Waals surface area contributed by atoms with Crippen molar-refractivity contribution in [1.82, 2.24) is 24.7 Å². The predicted octanol–water partition coefficient (Wildman–Crippen LogP) is 1.96. The molecule has 2 heterocycles. The number of nitriles is 1. The van der Waals surface area contributed by atoms with Crippen LogP contribution in [0.5, 0.6) is 0 Å². The molecule has 21 heavy (non-hydrogen) atoms. The zero-order valence-corrected chi connectivity index (χ0v) is 11.4. The minimum absolute atomic E-state index is 0.486. The second-order valence-electron chi connectivity index (χ2n) is 4.58. The van der Waals surface area contributed by atoms with Crippen LogP contribution >= 0.6 is 0 Å². The van der Waals surface area contributed by atoms with E-state index in [0.717, 1.165) is 17.0 Å². The van der Waals surface area contributed by atoms with Gasteiger partial charge < -0.3 is 0 Å². The molecule has 0 aliphatic heterocycles. The van der Waals surface area contributed by atoms with Crippen LogP contribution in [-0.2, 0) is 6.54 Å². The maximum absolute atomic E-state index is 8.98. The zero-order chi connectivity index (χ0) is 14.7. The third-order valence-corrected chi connectivity index (χ3v) is 3.01. The van der Waals surface area contributed by atoms with E-state index < -0.39 is 0 Å². The van der Waals surface area contributed by atoms with Crippen LogP contribution in [0.3, 0.4) is 0 Å². The first-order valence-electron chi connectivity index (χ1n) is 6.42. The van der Waals surface area contributed by atoms with Gasteiger partial charge in [0.05, 0.1) is 35.8 Å². The zero-order valence-electron chi connectivity index (χ0n) is 11.4. The summed E-state index contributed by atoms with van der Waals surface area (Å²) in [5.41, 5.74) is 3.13. The van der Waals surface area contributed by atoms with Crippen molar-refractivity contribution >= 4 is 0 Å². The third-order valence-electron chi connectivity index (χ3n) is 3.01. The van der Waals surface area contributed by atoms with Crippen molar-refractivity contribution in [2.24, 2.45) is 0 Å². The molecule has 102 valence electrons. The van der Waals surface area contributed by atoms with Crippen molar-refractivity contribution in [1.29, 1.82) is 5.26 Å². The quantitative estimate of drug-likeness (QED) is 0.730. The van der Waals surface area contributed by atoms with Crippen LogP contribution in [0.1, 0.15) is 17.0 Å². The number of rotatable bonds is 3. The van der Waals surface area contributed by atoms with E-state index in [1.165, 1.54) is 6.33 Å². The van der Waals surface area contributed by atoms with Crippen LogP contribution in [-0.4, -0.2) is 24.7 Å². The lowest BCUT2D eigenvalue weighted by molar-refractivity contribution is 0.674. The first kappa shape index (κ1) is 12.9. The Balaban J connectivity index is 1.93. The summed E-state index contributed by atoms with van der Waals surface area (Å²) in [5, 5.41) is 13.2. The minimum Gasteiger partial charge on any atom is -0.258 e. The summed E-state index contributed by atoms with van der Waals surface area (Å²) in [5.74, 6) is 0.703. The molecule has 6 nitrogen and oxygen atoms in total. The molecule has 0 saturated carbocycles. The number of hydrogen-bond donors (Lipinski definition) is 0. The molecule has 0 bridgehead atoms. The molecule has 0 aliphatic rings. The molecule has 0 unspecified atom stereocenters. The molecule has 0 radical (unpaired) electrons. The van der Waals surface area contributed by atoms with E-state index in [1.807, 2.05) is 19.1 Å². The van der Waals surface area contributed by atoms with Gasteiger partial charge in [-0.05, 0) is 19.1 Å². The second-order valence-corrected chi connectivity index (χ2v) is 4.58. The van der Waals surface area contributed by atoms with Crippen molar-refractivity contribution in [2.45, 2.75) is 13.5 Å². The van der Waals surface area contributed by atoms with Gasteiger partial charge in [0, 0.05) is 11.8 Å². The van der Waals surface area contributed by atoms with Crippen LogP contribution in [0.2, 0.25) is 0 Å². The van der Waals surface area contributed by atoms with E-state index in [4.69, 9.17) is 5.26 Å². The van der Waals surface area contributed by atoms with Crippen LogP contribution in [0, 0.1) is 18.3 Å². The normalized spacial score (nSPS) is 10.3. The highest BCUT2D eigenvalue weighted by molar-refractivity contribution is 5.57. The third kappa shape index (κ3) is 2.77. The van der Waals surface area contributed by atoms with E-state index in [-0.39, 0.29) is 0 Å². The molecule has 3 rings (SSSR count). The van der Waals surface area contributed by atoms with Crippen molar-refractivity contribution in [2.75, 3.05) is 0 Å². The first-order chi connectivity index (χ1) is 10.3. The Bertz CT molecular complexity index is 798. The summed E-state index contributed by atoms with van der Waals surface area (Å²) in [6.45, 7) is 2.38. The molecule has 6 heteroatoms.